The fourth-order valence-corrected chi connectivity index (χ4v) is 3.95. The second-order valence-corrected chi connectivity index (χ2v) is 7.54. The number of fused-ring (bicyclic) bond motifs is 3. The molecule has 0 spiro atoms. The molecule has 3 nitrogen and oxygen atoms in total. The van der Waals surface area contributed by atoms with Crippen LogP contribution < -0.4 is 5.32 Å². The van der Waals surface area contributed by atoms with Crippen LogP contribution in [0.15, 0.2) is 29.2 Å². The van der Waals surface area contributed by atoms with E-state index in [0.717, 1.165) is 39.4 Å². The van der Waals surface area contributed by atoms with Crippen molar-refractivity contribution in [1.82, 2.24) is 10.2 Å². The van der Waals surface area contributed by atoms with Gasteiger partial charge in [0, 0.05) is 30.0 Å². The second kappa shape index (κ2) is 6.16. The van der Waals surface area contributed by atoms with Gasteiger partial charge in [0.2, 0.25) is 0 Å². The Bertz CT molecular complexity index is 536. The van der Waals surface area contributed by atoms with Gasteiger partial charge in [-0.1, -0.05) is 11.8 Å². The molecule has 1 unspecified atom stereocenters. The fourth-order valence-electron chi connectivity index (χ4n) is 3.26. The molecule has 3 aliphatic heterocycles. The zero-order valence-electron chi connectivity index (χ0n) is 12.5. The van der Waals surface area contributed by atoms with E-state index in [4.69, 9.17) is 0 Å². The van der Waals surface area contributed by atoms with E-state index in [0.29, 0.717) is 28.1 Å². The molecule has 0 aliphatic carbocycles. The summed E-state index contributed by atoms with van der Waals surface area (Å²) >= 11 is 0.495. The topological polar surface area (TPSA) is 32.3 Å². The van der Waals surface area contributed by atoms with Crippen LogP contribution in [0, 0.1) is 5.92 Å². The van der Waals surface area contributed by atoms with Gasteiger partial charge >= 0.3 is 0 Å². The van der Waals surface area contributed by atoms with Crippen LogP contribution in [-0.2, 0) is 0 Å². The molecule has 0 saturated carbocycles. The van der Waals surface area contributed by atoms with Gasteiger partial charge in [-0.15, -0.1) is 0 Å². The van der Waals surface area contributed by atoms with Gasteiger partial charge in [-0.3, -0.25) is 4.79 Å². The Morgan fingerprint density at radius 1 is 1.27 bits per heavy atom. The minimum Gasteiger partial charge on any atom is -0.348 e. The molecule has 1 aromatic carbocycles. The molecule has 2 bridgehead atoms. The van der Waals surface area contributed by atoms with E-state index in [1.165, 1.54) is 0 Å². The van der Waals surface area contributed by atoms with Crippen LogP contribution >= 0.6 is 11.8 Å². The minimum atomic E-state index is -2.81. The van der Waals surface area contributed by atoms with Gasteiger partial charge in [0.05, 0.1) is 0 Å². The van der Waals surface area contributed by atoms with Crippen molar-refractivity contribution >= 4 is 17.7 Å². The summed E-state index contributed by atoms with van der Waals surface area (Å²) in [6.45, 7) is 4.06. The van der Waals surface area contributed by atoms with Crippen LogP contribution in [0.5, 0.6) is 0 Å². The van der Waals surface area contributed by atoms with E-state index in [1.807, 2.05) is 0 Å². The average molecular weight is 326 g/mol. The molecule has 1 aromatic rings. The first-order valence-corrected chi connectivity index (χ1v) is 8.42. The molecule has 1 atom stereocenters. The Morgan fingerprint density at radius 3 is 2.41 bits per heavy atom. The quantitative estimate of drug-likeness (QED) is 0.862. The number of carbonyl (C=O) groups excluding carboxylic acids is 1. The lowest BCUT2D eigenvalue weighted by Gasteiger charge is -2.44. The summed E-state index contributed by atoms with van der Waals surface area (Å²) in [4.78, 5) is 15.1. The molecular weight excluding hydrogens is 306 g/mol. The van der Waals surface area contributed by atoms with Crippen molar-refractivity contribution in [2.75, 3.05) is 19.6 Å². The summed E-state index contributed by atoms with van der Waals surface area (Å²) in [5, 5.41) is 0.293. The number of carbonyl (C=O) groups is 1. The molecule has 1 amide bonds. The Morgan fingerprint density at radius 2 is 1.91 bits per heavy atom. The Balaban J connectivity index is 1.60. The molecule has 3 aliphatic rings. The summed E-state index contributed by atoms with van der Waals surface area (Å²) < 4.78 is 25.9. The third-order valence-corrected chi connectivity index (χ3v) is 5.25. The highest BCUT2D eigenvalue weighted by Gasteiger charge is 2.34. The molecule has 120 valence electrons. The molecule has 0 radical (unpaired) electrons. The number of amides is 1. The van der Waals surface area contributed by atoms with Gasteiger partial charge in [-0.25, -0.2) is 0 Å². The zero-order chi connectivity index (χ0) is 15.7. The number of piperidine rings is 3. The number of hydrogen-bond donors (Lipinski definition) is 1. The van der Waals surface area contributed by atoms with E-state index in [9.17, 15) is 13.6 Å². The van der Waals surface area contributed by atoms with Crippen molar-refractivity contribution < 1.29 is 13.6 Å². The molecular formula is C16H20F2N2OS. The molecule has 22 heavy (non-hydrogen) atoms. The monoisotopic (exact) mass is 326 g/mol. The van der Waals surface area contributed by atoms with Gasteiger partial charge in [0.1, 0.15) is 0 Å². The average Bonchev–Trinajstić information content (AvgIpc) is 2.47. The van der Waals surface area contributed by atoms with E-state index < -0.39 is 5.25 Å². The van der Waals surface area contributed by atoms with Crippen LogP contribution in [0.4, 0.5) is 8.78 Å². The fraction of sp³-hybridized carbons (Fsp3) is 0.562. The third kappa shape index (κ3) is 3.79. The zero-order valence-corrected chi connectivity index (χ0v) is 13.3. The van der Waals surface area contributed by atoms with Crippen molar-refractivity contribution in [3.05, 3.63) is 29.8 Å². The maximum Gasteiger partial charge on any atom is 0.295 e. The predicted octanol–water partition coefficient (Wildman–Crippen LogP) is 3.22. The van der Waals surface area contributed by atoms with Crippen molar-refractivity contribution in [3.63, 3.8) is 0 Å². The van der Waals surface area contributed by atoms with Gasteiger partial charge in [0.15, 0.2) is 0 Å². The third-order valence-electron chi connectivity index (χ3n) is 4.39. The first kappa shape index (κ1) is 15.7. The molecule has 4 rings (SSSR count). The van der Waals surface area contributed by atoms with Crippen LogP contribution in [-0.4, -0.2) is 41.7 Å². The largest absolute Gasteiger partial charge is 0.348 e. The highest BCUT2D eigenvalue weighted by molar-refractivity contribution is 8.00. The Labute approximate surface area is 133 Å². The number of benzene rings is 1. The lowest BCUT2D eigenvalue weighted by atomic mass is 9.84. The predicted molar refractivity (Wildman–Crippen MR) is 83.3 cm³/mol. The van der Waals surface area contributed by atoms with Gasteiger partial charge in [-0.2, -0.15) is 8.78 Å². The minimum absolute atomic E-state index is 0.112. The first-order valence-electron chi connectivity index (χ1n) is 7.61. The van der Waals surface area contributed by atoms with Gasteiger partial charge < -0.3 is 10.2 Å². The molecule has 1 N–H and O–H groups in total. The normalized spacial score (nSPS) is 27.7. The van der Waals surface area contributed by atoms with Crippen LogP contribution in [0.1, 0.15) is 30.1 Å². The van der Waals surface area contributed by atoms with Crippen LogP contribution in [0.3, 0.4) is 0 Å². The van der Waals surface area contributed by atoms with Crippen molar-refractivity contribution in [2.24, 2.45) is 5.92 Å². The lowest BCUT2D eigenvalue weighted by Crippen LogP contribution is -2.57. The molecule has 3 saturated heterocycles. The van der Waals surface area contributed by atoms with Crippen LogP contribution in [0.25, 0.3) is 0 Å². The number of nitrogens with zero attached hydrogens (tertiary/aromatic N) is 1. The number of hydrogen-bond acceptors (Lipinski definition) is 3. The molecule has 6 heteroatoms. The standard InChI is InChI=1S/C16H20F2N2OS/c1-16(17,18)22-13-4-2-12(3-5-13)15(21)19-14-10-20-8-6-11(14)7-9-20/h2-5,11,14H,6-10H2,1H3,(H,19,21). The van der Waals surface area contributed by atoms with E-state index >= 15 is 0 Å². The lowest BCUT2D eigenvalue weighted by molar-refractivity contribution is 0.0620. The number of alkyl halides is 2. The molecule has 3 heterocycles. The van der Waals surface area contributed by atoms with E-state index in [-0.39, 0.29) is 11.9 Å². The van der Waals surface area contributed by atoms with Gasteiger partial charge in [0.25, 0.3) is 11.2 Å². The SMILES string of the molecule is CC(F)(F)Sc1ccc(C(=O)NC2CN3CCC2CC3)cc1. The summed E-state index contributed by atoms with van der Waals surface area (Å²) in [7, 11) is 0. The number of nitrogens with one attached hydrogen (secondary N) is 1. The van der Waals surface area contributed by atoms with Gasteiger partial charge in [-0.05, 0) is 56.1 Å². The first-order chi connectivity index (χ1) is 10.4. The maximum atomic E-state index is 12.9. The number of halogens is 2. The smallest absolute Gasteiger partial charge is 0.295 e. The summed E-state index contributed by atoms with van der Waals surface area (Å²) in [5.41, 5.74) is 0.528. The van der Waals surface area contributed by atoms with Crippen molar-refractivity contribution in [1.29, 1.82) is 0 Å². The summed E-state index contributed by atoms with van der Waals surface area (Å²) in [5.74, 6) is 0.459. The van der Waals surface area contributed by atoms with E-state index in [2.05, 4.69) is 10.2 Å². The highest BCUT2D eigenvalue weighted by atomic mass is 32.2. The van der Waals surface area contributed by atoms with Crippen molar-refractivity contribution in [2.45, 2.75) is 36.0 Å². The number of thioether (sulfide) groups is 1. The van der Waals surface area contributed by atoms with E-state index in [1.54, 1.807) is 24.3 Å². The summed E-state index contributed by atoms with van der Waals surface area (Å²) in [6.07, 6.45) is 2.29. The maximum absolute atomic E-state index is 12.9. The molecule has 0 aromatic heterocycles. The van der Waals surface area contributed by atoms with Crippen molar-refractivity contribution in [3.8, 4) is 0 Å². The second-order valence-electron chi connectivity index (χ2n) is 6.15. The Hall–Kier alpha value is -1.14. The molecule has 3 fully saturated rings. The Kier molecular flexibility index (Phi) is 4.41. The number of rotatable bonds is 4. The summed E-state index contributed by atoms with van der Waals surface area (Å²) in [6, 6.07) is 6.60. The van der Waals surface area contributed by atoms with Crippen LogP contribution in [0.2, 0.25) is 0 Å². The highest BCUT2D eigenvalue weighted by Crippen LogP contribution is 2.35.